The van der Waals surface area contributed by atoms with E-state index in [9.17, 15) is 0 Å². The molecule has 0 saturated carbocycles. The smallest absolute Gasteiger partial charge is 0.0582 e. The third kappa shape index (κ3) is 4.69. The first kappa shape index (κ1) is 32.8. The molecule has 0 saturated heterocycles. The van der Waals surface area contributed by atoms with Crippen LogP contribution in [-0.4, -0.2) is 4.57 Å². The summed E-state index contributed by atoms with van der Waals surface area (Å²) in [6, 6.07) is 67.4. The van der Waals surface area contributed by atoms with Crippen LogP contribution in [0.3, 0.4) is 0 Å². The Kier molecular flexibility index (Phi) is 6.98. The molecule has 1 aliphatic heterocycles. The van der Waals surface area contributed by atoms with Gasteiger partial charge in [-0.05, 0) is 122 Å². The summed E-state index contributed by atoms with van der Waals surface area (Å²) in [5.41, 5.74) is 20.1. The number of anilines is 3. The molecule has 0 bridgehead atoms. The molecule has 268 valence electrons. The van der Waals surface area contributed by atoms with Crippen molar-refractivity contribution in [3.05, 3.63) is 204 Å². The van der Waals surface area contributed by atoms with Crippen molar-refractivity contribution in [2.24, 2.45) is 0 Å². The molecular weight excluding hydrogens is 677 g/mol. The highest BCUT2D eigenvalue weighted by Crippen LogP contribution is 2.52. The SMILES string of the molecule is CC1(C)c2ccccc2-c2ccc(N(c3ccccc3)c3ccc(-c4cc5c6c(c4)c4ccccc4n6-c4ccc(-c6ccccc6)cc4C5(C)C)cc3)cc21. The summed E-state index contributed by atoms with van der Waals surface area (Å²) in [5.74, 6) is 0. The number of hydrogen-bond acceptors (Lipinski definition) is 1. The monoisotopic (exact) mass is 718 g/mol. The number of para-hydroxylation sites is 2. The molecule has 0 N–H and O–H groups in total. The van der Waals surface area contributed by atoms with Gasteiger partial charge in [-0.3, -0.25) is 0 Å². The van der Waals surface area contributed by atoms with Gasteiger partial charge >= 0.3 is 0 Å². The first-order valence-corrected chi connectivity index (χ1v) is 19.8. The predicted molar refractivity (Wildman–Crippen MR) is 236 cm³/mol. The summed E-state index contributed by atoms with van der Waals surface area (Å²) in [6.07, 6.45) is 0. The van der Waals surface area contributed by atoms with Crippen LogP contribution in [0.25, 0.3) is 60.9 Å². The van der Waals surface area contributed by atoms with Crippen molar-refractivity contribution in [3.63, 3.8) is 0 Å². The Labute approximate surface area is 328 Å². The Bertz CT molecular complexity index is 3000. The number of nitrogens with zero attached hydrogens (tertiary/aromatic N) is 2. The van der Waals surface area contributed by atoms with E-state index in [1.807, 2.05) is 0 Å². The van der Waals surface area contributed by atoms with E-state index < -0.39 is 0 Å². The van der Waals surface area contributed by atoms with Gasteiger partial charge in [-0.15, -0.1) is 0 Å². The fourth-order valence-electron chi connectivity index (χ4n) is 9.84. The molecule has 11 rings (SSSR count). The van der Waals surface area contributed by atoms with E-state index in [0.717, 1.165) is 17.1 Å². The maximum atomic E-state index is 2.51. The number of rotatable bonds is 5. The molecular formula is C54H42N2. The number of aromatic nitrogens is 1. The Morgan fingerprint density at radius 3 is 1.77 bits per heavy atom. The van der Waals surface area contributed by atoms with Crippen LogP contribution < -0.4 is 4.90 Å². The lowest BCUT2D eigenvalue weighted by Crippen LogP contribution is -2.26. The lowest BCUT2D eigenvalue weighted by molar-refractivity contribution is 0.630. The van der Waals surface area contributed by atoms with E-state index in [1.165, 1.54) is 83.1 Å². The zero-order valence-corrected chi connectivity index (χ0v) is 32.2. The second-order valence-electron chi connectivity index (χ2n) is 16.6. The zero-order chi connectivity index (χ0) is 37.8. The van der Waals surface area contributed by atoms with E-state index in [1.54, 1.807) is 0 Å². The van der Waals surface area contributed by atoms with Crippen molar-refractivity contribution >= 4 is 38.9 Å². The fraction of sp³-hybridized carbons (Fsp3) is 0.111. The molecule has 0 atom stereocenters. The normalized spacial score (nSPS) is 14.4. The Morgan fingerprint density at radius 1 is 0.375 bits per heavy atom. The highest BCUT2D eigenvalue weighted by molar-refractivity contribution is 6.13. The molecule has 0 amide bonds. The number of benzene rings is 8. The minimum Gasteiger partial charge on any atom is -0.310 e. The van der Waals surface area contributed by atoms with Crippen LogP contribution >= 0.6 is 0 Å². The molecule has 0 fully saturated rings. The Morgan fingerprint density at radius 2 is 0.964 bits per heavy atom. The van der Waals surface area contributed by atoms with E-state index in [2.05, 4.69) is 219 Å². The van der Waals surface area contributed by atoms with Crippen LogP contribution in [0.15, 0.2) is 182 Å². The molecule has 2 heteroatoms. The van der Waals surface area contributed by atoms with Gasteiger partial charge in [-0.25, -0.2) is 0 Å². The van der Waals surface area contributed by atoms with Crippen molar-refractivity contribution in [1.82, 2.24) is 4.57 Å². The van der Waals surface area contributed by atoms with Gasteiger partial charge in [0.1, 0.15) is 0 Å². The van der Waals surface area contributed by atoms with Crippen LogP contribution in [0.2, 0.25) is 0 Å². The van der Waals surface area contributed by atoms with Crippen LogP contribution in [0, 0.1) is 0 Å². The van der Waals surface area contributed by atoms with Gasteiger partial charge in [-0.1, -0.05) is 143 Å². The van der Waals surface area contributed by atoms with Gasteiger partial charge in [0.25, 0.3) is 0 Å². The summed E-state index contributed by atoms with van der Waals surface area (Å²) in [7, 11) is 0. The summed E-state index contributed by atoms with van der Waals surface area (Å²) in [4.78, 5) is 2.40. The molecule has 9 aromatic rings. The third-order valence-electron chi connectivity index (χ3n) is 12.8. The second kappa shape index (κ2) is 11.9. The highest BCUT2D eigenvalue weighted by Gasteiger charge is 2.37. The summed E-state index contributed by atoms with van der Waals surface area (Å²) < 4.78 is 2.51. The Hall–Kier alpha value is -6.64. The maximum Gasteiger partial charge on any atom is 0.0582 e. The molecule has 2 heterocycles. The van der Waals surface area contributed by atoms with Crippen LogP contribution in [-0.2, 0) is 10.8 Å². The van der Waals surface area contributed by atoms with E-state index in [-0.39, 0.29) is 10.8 Å². The quantitative estimate of drug-likeness (QED) is 0.172. The second-order valence-corrected chi connectivity index (χ2v) is 16.6. The molecule has 1 aliphatic carbocycles. The van der Waals surface area contributed by atoms with E-state index in [4.69, 9.17) is 0 Å². The average molecular weight is 719 g/mol. The first-order valence-electron chi connectivity index (χ1n) is 19.8. The number of hydrogen-bond donors (Lipinski definition) is 0. The molecule has 0 spiro atoms. The zero-order valence-electron chi connectivity index (χ0n) is 32.2. The molecule has 56 heavy (non-hydrogen) atoms. The van der Waals surface area contributed by atoms with Gasteiger partial charge in [0.15, 0.2) is 0 Å². The number of fused-ring (bicyclic) bond motifs is 8. The van der Waals surface area contributed by atoms with Gasteiger partial charge in [0.2, 0.25) is 0 Å². The van der Waals surface area contributed by atoms with Crippen molar-refractivity contribution in [3.8, 4) is 39.1 Å². The summed E-state index contributed by atoms with van der Waals surface area (Å²) in [6.45, 7) is 9.51. The lowest BCUT2D eigenvalue weighted by Gasteiger charge is -2.35. The molecule has 2 nitrogen and oxygen atoms in total. The van der Waals surface area contributed by atoms with E-state index in [0.29, 0.717) is 0 Å². The maximum absolute atomic E-state index is 2.51. The van der Waals surface area contributed by atoms with Gasteiger partial charge in [0.05, 0.1) is 16.7 Å². The molecule has 2 aliphatic rings. The third-order valence-corrected chi connectivity index (χ3v) is 12.8. The fourth-order valence-corrected chi connectivity index (χ4v) is 9.84. The van der Waals surface area contributed by atoms with Gasteiger partial charge in [0, 0.05) is 38.7 Å². The molecule has 1 aromatic heterocycles. The minimum absolute atomic E-state index is 0.0758. The van der Waals surface area contributed by atoms with Crippen LogP contribution in [0.5, 0.6) is 0 Å². The summed E-state index contributed by atoms with van der Waals surface area (Å²) >= 11 is 0. The van der Waals surface area contributed by atoms with Crippen LogP contribution in [0.4, 0.5) is 17.1 Å². The average Bonchev–Trinajstić information content (AvgIpc) is 3.69. The summed E-state index contributed by atoms with van der Waals surface area (Å²) in [5, 5.41) is 2.59. The van der Waals surface area contributed by atoms with Gasteiger partial charge < -0.3 is 9.47 Å². The predicted octanol–water partition coefficient (Wildman–Crippen LogP) is 14.5. The molecule has 0 unspecified atom stereocenters. The van der Waals surface area contributed by atoms with Gasteiger partial charge in [-0.2, -0.15) is 0 Å². The van der Waals surface area contributed by atoms with Crippen molar-refractivity contribution < 1.29 is 0 Å². The Balaban J connectivity index is 1.05. The van der Waals surface area contributed by atoms with Crippen molar-refractivity contribution in [2.75, 3.05) is 4.90 Å². The standard InChI is InChI=1S/C54H42N2/c1-53(2)46-21-13-11-19-42(46)43-29-28-41(34-47(43)53)55(39-17-9-6-10-18-39)40-26-23-36(24-27-40)38-31-45-44-20-12-14-22-50(44)56-51-30-25-37(35-15-7-5-8-16-35)32-48(51)54(3,4)49(33-38)52(45)56/h5-34H,1-4H3. The van der Waals surface area contributed by atoms with Crippen molar-refractivity contribution in [2.45, 2.75) is 38.5 Å². The van der Waals surface area contributed by atoms with Crippen molar-refractivity contribution in [1.29, 1.82) is 0 Å². The van der Waals surface area contributed by atoms with E-state index >= 15 is 0 Å². The first-order chi connectivity index (χ1) is 27.3. The topological polar surface area (TPSA) is 8.17 Å². The minimum atomic E-state index is -0.218. The highest BCUT2D eigenvalue weighted by atomic mass is 15.1. The lowest BCUT2D eigenvalue weighted by atomic mass is 9.73. The molecule has 8 aromatic carbocycles. The van der Waals surface area contributed by atoms with Crippen LogP contribution in [0.1, 0.15) is 49.9 Å². The largest absolute Gasteiger partial charge is 0.310 e. The molecule has 0 radical (unpaired) electrons.